The maximum Gasteiger partial charge on any atom is 0.407 e. The number of fused-ring (bicyclic) bond motifs is 3. The molecule has 0 aromatic heterocycles. The second-order valence-electron chi connectivity index (χ2n) is 9.77. The lowest BCUT2D eigenvalue weighted by molar-refractivity contribution is -0.139. The molecule has 2 aromatic rings. The molecule has 0 radical (unpaired) electrons. The highest BCUT2D eigenvalue weighted by Gasteiger charge is 2.31. The number of hydrogen-bond acceptors (Lipinski definition) is 4. The molecule has 0 saturated heterocycles. The Kier molecular flexibility index (Phi) is 8.90. The van der Waals surface area contributed by atoms with Crippen LogP contribution in [0.25, 0.3) is 11.1 Å². The van der Waals surface area contributed by atoms with E-state index in [1.54, 1.807) is 4.90 Å². The van der Waals surface area contributed by atoms with Crippen molar-refractivity contribution >= 4 is 18.0 Å². The highest BCUT2D eigenvalue weighted by molar-refractivity contribution is 5.86. The van der Waals surface area contributed by atoms with Gasteiger partial charge in [0, 0.05) is 24.9 Å². The quantitative estimate of drug-likeness (QED) is 0.470. The second kappa shape index (κ2) is 11.9. The van der Waals surface area contributed by atoms with Crippen LogP contribution in [0.15, 0.2) is 48.5 Å². The minimum atomic E-state index is -0.892. The summed E-state index contributed by atoms with van der Waals surface area (Å²) in [4.78, 5) is 38.7. The Morgan fingerprint density at radius 3 is 2.06 bits per heavy atom. The van der Waals surface area contributed by atoms with Crippen LogP contribution in [-0.4, -0.2) is 53.2 Å². The third kappa shape index (κ3) is 6.62. The second-order valence-corrected chi connectivity index (χ2v) is 9.77. The standard InChI is InChI=1S/C28H36N2O5/c1-18(2)16-25(27(33)30(19(3)4)15-9-14-26(31)32)29-28(34)35-17-24-22-12-7-5-10-20(22)21-11-6-8-13-23(21)24/h5-8,10-13,18-19,24-25H,9,14-17H2,1-4H3,(H,29,34)(H,31,32). The zero-order chi connectivity index (χ0) is 25.5. The van der Waals surface area contributed by atoms with E-state index in [1.165, 1.54) is 0 Å². The van der Waals surface area contributed by atoms with E-state index in [4.69, 9.17) is 9.84 Å². The third-order valence-corrected chi connectivity index (χ3v) is 6.34. The summed E-state index contributed by atoms with van der Waals surface area (Å²) in [7, 11) is 0. The van der Waals surface area contributed by atoms with Gasteiger partial charge in [0.1, 0.15) is 12.6 Å². The smallest absolute Gasteiger partial charge is 0.407 e. The molecule has 0 bridgehead atoms. The van der Waals surface area contributed by atoms with Crippen LogP contribution in [0.4, 0.5) is 4.79 Å². The fraction of sp³-hybridized carbons (Fsp3) is 0.464. The number of rotatable bonds is 11. The molecule has 0 saturated carbocycles. The van der Waals surface area contributed by atoms with Gasteiger partial charge in [0.25, 0.3) is 0 Å². The summed E-state index contributed by atoms with van der Waals surface area (Å²) in [6.07, 6.45) is 0.190. The number of ether oxygens (including phenoxy) is 1. The number of amides is 2. The van der Waals surface area contributed by atoms with Gasteiger partial charge >= 0.3 is 12.1 Å². The van der Waals surface area contributed by atoms with Gasteiger partial charge in [-0.05, 0) is 54.9 Å². The largest absolute Gasteiger partial charge is 0.481 e. The summed E-state index contributed by atoms with van der Waals surface area (Å²) in [6.45, 7) is 8.25. The van der Waals surface area contributed by atoms with E-state index >= 15 is 0 Å². The first-order chi connectivity index (χ1) is 16.7. The Morgan fingerprint density at radius 1 is 0.971 bits per heavy atom. The van der Waals surface area contributed by atoms with E-state index in [0.29, 0.717) is 19.4 Å². The molecule has 1 aliphatic rings. The molecule has 188 valence electrons. The van der Waals surface area contributed by atoms with Crippen molar-refractivity contribution in [3.63, 3.8) is 0 Å². The highest BCUT2D eigenvalue weighted by Crippen LogP contribution is 2.44. The Hall–Kier alpha value is -3.35. The first kappa shape index (κ1) is 26.3. The number of carboxylic acids is 1. The zero-order valence-corrected chi connectivity index (χ0v) is 21.0. The molecule has 1 unspecified atom stereocenters. The Bertz CT molecular complexity index is 1000. The molecular weight excluding hydrogens is 444 g/mol. The molecule has 1 atom stereocenters. The van der Waals surface area contributed by atoms with E-state index in [2.05, 4.69) is 29.6 Å². The Labute approximate surface area is 207 Å². The molecule has 2 N–H and O–H groups in total. The molecule has 2 aromatic carbocycles. The average Bonchev–Trinajstić information content (AvgIpc) is 3.13. The van der Waals surface area contributed by atoms with E-state index in [-0.39, 0.29) is 36.8 Å². The number of aliphatic carboxylic acids is 1. The molecule has 1 aliphatic carbocycles. The number of benzene rings is 2. The van der Waals surface area contributed by atoms with Crippen molar-refractivity contribution in [2.75, 3.05) is 13.2 Å². The van der Waals surface area contributed by atoms with Crippen molar-refractivity contribution in [3.8, 4) is 11.1 Å². The Morgan fingerprint density at radius 2 is 1.54 bits per heavy atom. The van der Waals surface area contributed by atoms with Crippen LogP contribution in [0.3, 0.4) is 0 Å². The highest BCUT2D eigenvalue weighted by atomic mass is 16.5. The normalized spacial score (nSPS) is 13.3. The molecule has 0 fully saturated rings. The lowest BCUT2D eigenvalue weighted by Gasteiger charge is -2.31. The van der Waals surface area contributed by atoms with Gasteiger partial charge in [0.2, 0.25) is 5.91 Å². The van der Waals surface area contributed by atoms with Gasteiger partial charge in [-0.1, -0.05) is 62.4 Å². The van der Waals surface area contributed by atoms with Crippen LogP contribution in [0.5, 0.6) is 0 Å². The minimum absolute atomic E-state index is 0.00878. The molecule has 0 aliphatic heterocycles. The van der Waals surface area contributed by atoms with Gasteiger partial charge in [-0.25, -0.2) is 4.79 Å². The molecule has 35 heavy (non-hydrogen) atoms. The number of carbonyl (C=O) groups excluding carboxylic acids is 2. The summed E-state index contributed by atoms with van der Waals surface area (Å²) in [5.74, 6) is -0.995. The van der Waals surface area contributed by atoms with Crippen molar-refractivity contribution in [1.82, 2.24) is 10.2 Å². The van der Waals surface area contributed by atoms with Crippen LogP contribution in [0, 0.1) is 5.92 Å². The zero-order valence-electron chi connectivity index (χ0n) is 21.0. The first-order valence-corrected chi connectivity index (χ1v) is 12.3. The van der Waals surface area contributed by atoms with Gasteiger partial charge in [0.15, 0.2) is 0 Å². The number of hydrogen-bond donors (Lipinski definition) is 2. The van der Waals surface area contributed by atoms with E-state index in [0.717, 1.165) is 22.3 Å². The van der Waals surface area contributed by atoms with Crippen LogP contribution in [0.1, 0.15) is 64.0 Å². The predicted molar refractivity (Wildman–Crippen MR) is 135 cm³/mol. The molecule has 7 nitrogen and oxygen atoms in total. The van der Waals surface area contributed by atoms with E-state index < -0.39 is 18.1 Å². The van der Waals surface area contributed by atoms with Crippen molar-refractivity contribution in [3.05, 3.63) is 59.7 Å². The van der Waals surface area contributed by atoms with Crippen LogP contribution in [0.2, 0.25) is 0 Å². The molecule has 7 heteroatoms. The molecule has 0 spiro atoms. The summed E-state index contributed by atoms with van der Waals surface area (Å²) >= 11 is 0. The maximum absolute atomic E-state index is 13.3. The lowest BCUT2D eigenvalue weighted by Crippen LogP contribution is -2.51. The van der Waals surface area contributed by atoms with Crippen LogP contribution < -0.4 is 5.32 Å². The summed E-state index contributed by atoms with van der Waals surface area (Å²) in [5.41, 5.74) is 4.55. The summed E-state index contributed by atoms with van der Waals surface area (Å²) in [6, 6.07) is 15.4. The van der Waals surface area contributed by atoms with E-state index in [1.807, 2.05) is 52.0 Å². The molecule has 2 amide bonds. The van der Waals surface area contributed by atoms with Gasteiger partial charge in [0.05, 0.1) is 0 Å². The Balaban J connectivity index is 1.68. The first-order valence-electron chi connectivity index (χ1n) is 12.3. The van der Waals surface area contributed by atoms with Gasteiger partial charge < -0.3 is 20.1 Å². The summed E-state index contributed by atoms with van der Waals surface area (Å²) < 4.78 is 5.66. The number of carbonyl (C=O) groups is 3. The maximum atomic E-state index is 13.3. The molecule has 3 rings (SSSR count). The number of carboxylic acid groups (broad SMARTS) is 1. The number of alkyl carbamates (subject to hydrolysis) is 1. The fourth-order valence-corrected chi connectivity index (χ4v) is 4.70. The SMILES string of the molecule is CC(C)CC(NC(=O)OCC1c2ccccc2-c2ccccc21)C(=O)N(CCCC(=O)O)C(C)C. The van der Waals surface area contributed by atoms with Gasteiger partial charge in [-0.3, -0.25) is 9.59 Å². The van der Waals surface area contributed by atoms with Crippen molar-refractivity contribution in [1.29, 1.82) is 0 Å². The van der Waals surface area contributed by atoms with Crippen molar-refractivity contribution in [2.24, 2.45) is 5.92 Å². The summed E-state index contributed by atoms with van der Waals surface area (Å²) in [5, 5.41) is 11.7. The topological polar surface area (TPSA) is 95.9 Å². The monoisotopic (exact) mass is 480 g/mol. The number of nitrogens with one attached hydrogen (secondary N) is 1. The fourth-order valence-electron chi connectivity index (χ4n) is 4.70. The van der Waals surface area contributed by atoms with Crippen molar-refractivity contribution < 1.29 is 24.2 Å². The number of nitrogens with zero attached hydrogens (tertiary/aromatic N) is 1. The average molecular weight is 481 g/mol. The predicted octanol–water partition coefficient (Wildman–Crippen LogP) is 5.04. The lowest BCUT2D eigenvalue weighted by atomic mass is 9.98. The van der Waals surface area contributed by atoms with Gasteiger partial charge in [-0.15, -0.1) is 0 Å². The van der Waals surface area contributed by atoms with Crippen LogP contribution >= 0.6 is 0 Å². The minimum Gasteiger partial charge on any atom is -0.481 e. The van der Waals surface area contributed by atoms with Crippen LogP contribution in [-0.2, 0) is 14.3 Å². The third-order valence-electron chi connectivity index (χ3n) is 6.34. The van der Waals surface area contributed by atoms with E-state index in [9.17, 15) is 14.4 Å². The van der Waals surface area contributed by atoms with Crippen molar-refractivity contribution in [2.45, 2.75) is 65.0 Å². The van der Waals surface area contributed by atoms with Gasteiger partial charge in [-0.2, -0.15) is 0 Å². The molecular formula is C28H36N2O5. The molecule has 0 heterocycles.